The lowest BCUT2D eigenvalue weighted by Crippen LogP contribution is -2.31. The number of carboxylic acid groups (broad SMARTS) is 1. The fourth-order valence-electron chi connectivity index (χ4n) is 5.20. The third-order valence-electron chi connectivity index (χ3n) is 8.24. The predicted molar refractivity (Wildman–Crippen MR) is 176 cm³/mol. The number of rotatable bonds is 20. The van der Waals surface area contributed by atoms with E-state index in [2.05, 4.69) is 72.9 Å². The molecule has 3 aromatic rings. The van der Waals surface area contributed by atoms with Crippen molar-refractivity contribution in [2.24, 2.45) is 5.41 Å². The van der Waals surface area contributed by atoms with Crippen LogP contribution in [0.15, 0.2) is 66.7 Å². The summed E-state index contributed by atoms with van der Waals surface area (Å²) in [4.78, 5) is 16.6. The Morgan fingerprint density at radius 2 is 1.62 bits per heavy atom. The molecule has 1 heterocycles. The largest absolute Gasteiger partial charge is 0.494 e. The number of benzene rings is 2. The van der Waals surface area contributed by atoms with Crippen LogP contribution < -0.4 is 10.1 Å². The van der Waals surface area contributed by atoms with Gasteiger partial charge < -0.3 is 15.2 Å². The Morgan fingerprint density at radius 1 is 0.881 bits per heavy atom. The number of hydrogen-bond acceptors (Lipinski definition) is 4. The Bertz CT molecular complexity index is 1230. The Labute approximate surface area is 253 Å². The molecule has 3 rings (SSSR count). The van der Waals surface area contributed by atoms with Crippen molar-refractivity contribution in [2.75, 3.05) is 18.5 Å². The maximum Gasteiger partial charge on any atom is 0.309 e. The summed E-state index contributed by atoms with van der Waals surface area (Å²) in [5, 5.41) is 13.1. The van der Waals surface area contributed by atoms with Crippen molar-refractivity contribution in [2.45, 2.75) is 91.4 Å². The number of hydrogen-bond donors (Lipinski definition) is 2. The second-order valence-electron chi connectivity index (χ2n) is 11.2. The number of nitrogens with one attached hydrogen (secondary N) is 1. The first-order valence-electron chi connectivity index (χ1n) is 15.9. The van der Waals surface area contributed by atoms with Crippen LogP contribution in [-0.2, 0) is 17.6 Å². The summed E-state index contributed by atoms with van der Waals surface area (Å²) in [6, 6.07) is 23.1. The van der Waals surface area contributed by atoms with Gasteiger partial charge in [0.1, 0.15) is 5.75 Å². The molecule has 1 aromatic heterocycles. The molecule has 0 radical (unpaired) electrons. The first kappa shape index (κ1) is 32.9. The molecule has 5 nitrogen and oxygen atoms in total. The van der Waals surface area contributed by atoms with Crippen LogP contribution in [0.4, 0.5) is 5.69 Å². The zero-order valence-corrected chi connectivity index (χ0v) is 25.9. The van der Waals surface area contributed by atoms with Gasteiger partial charge in [-0.1, -0.05) is 76.4 Å². The molecule has 2 aromatic carbocycles. The Hall–Kier alpha value is -3.60. The average molecular weight is 571 g/mol. The molecule has 0 spiro atoms. The summed E-state index contributed by atoms with van der Waals surface area (Å²) in [6.07, 6.45) is 15.2. The molecule has 5 heteroatoms. The molecule has 0 aliphatic carbocycles. The summed E-state index contributed by atoms with van der Waals surface area (Å²) >= 11 is 0. The van der Waals surface area contributed by atoms with Crippen molar-refractivity contribution < 1.29 is 14.6 Å². The number of aromatic nitrogens is 1. The zero-order chi connectivity index (χ0) is 30.0. The normalized spacial score (nSPS) is 11.6. The highest BCUT2D eigenvalue weighted by Gasteiger charge is 2.34. The lowest BCUT2D eigenvalue weighted by molar-refractivity contribution is -0.149. The summed E-state index contributed by atoms with van der Waals surface area (Å²) in [6.45, 7) is 7.52. The minimum absolute atomic E-state index is 0.606. The molecule has 226 valence electrons. The number of ether oxygens (including phenoxy) is 1. The number of aryl methyl sites for hydroxylation is 2. The molecule has 0 unspecified atom stereocenters. The standard InChI is InChI=1S/C37H50N2O3/c1-4-7-28-42-35-24-21-30(22-25-35)14-10-8-9-11-16-32-17-13-18-33(39-32)23-20-31-15-12-19-34(29-31)38-27-26-37(5-2,6-3)36(40)41/h12-13,15,17-25,29,38H,4-11,14,16,26-28H2,1-3H3,(H,40,41). The van der Waals surface area contributed by atoms with Gasteiger partial charge in [-0.3, -0.25) is 9.78 Å². The number of nitrogens with zero attached hydrogens (tertiary/aromatic N) is 1. The molecule has 0 saturated heterocycles. The molecule has 0 bridgehead atoms. The number of carboxylic acids is 1. The average Bonchev–Trinajstić information content (AvgIpc) is 3.01. The van der Waals surface area contributed by atoms with Crippen LogP contribution in [-0.4, -0.2) is 29.2 Å². The third-order valence-corrected chi connectivity index (χ3v) is 8.24. The minimum Gasteiger partial charge on any atom is -0.494 e. The first-order valence-corrected chi connectivity index (χ1v) is 15.9. The van der Waals surface area contributed by atoms with Crippen molar-refractivity contribution >= 4 is 23.8 Å². The summed E-state index contributed by atoms with van der Waals surface area (Å²) in [7, 11) is 0. The van der Waals surface area contributed by atoms with Crippen molar-refractivity contribution in [1.29, 1.82) is 0 Å². The quantitative estimate of drug-likeness (QED) is 0.132. The van der Waals surface area contributed by atoms with E-state index in [9.17, 15) is 9.90 Å². The predicted octanol–water partition coefficient (Wildman–Crippen LogP) is 9.47. The Balaban J connectivity index is 1.39. The molecule has 0 amide bonds. The molecule has 0 aliphatic heterocycles. The molecular weight excluding hydrogens is 520 g/mol. The number of unbranched alkanes of at least 4 members (excludes halogenated alkanes) is 4. The van der Waals surface area contributed by atoms with Crippen molar-refractivity contribution in [3.05, 3.63) is 89.2 Å². The zero-order valence-electron chi connectivity index (χ0n) is 25.9. The van der Waals surface area contributed by atoms with Crippen LogP contribution in [0.5, 0.6) is 5.75 Å². The van der Waals surface area contributed by atoms with Gasteiger partial charge in [-0.05, 0) is 105 Å². The van der Waals surface area contributed by atoms with E-state index >= 15 is 0 Å². The van der Waals surface area contributed by atoms with Gasteiger partial charge in [-0.2, -0.15) is 0 Å². The van der Waals surface area contributed by atoms with Gasteiger partial charge in [-0.25, -0.2) is 0 Å². The van der Waals surface area contributed by atoms with E-state index in [1.54, 1.807) is 0 Å². The molecule has 2 N–H and O–H groups in total. The van der Waals surface area contributed by atoms with E-state index in [0.29, 0.717) is 25.8 Å². The van der Waals surface area contributed by atoms with E-state index in [-0.39, 0.29) is 0 Å². The Morgan fingerprint density at radius 3 is 2.33 bits per heavy atom. The van der Waals surface area contributed by atoms with Crippen LogP contribution in [0.3, 0.4) is 0 Å². The number of anilines is 1. The Kier molecular flexibility index (Phi) is 14.1. The van der Waals surface area contributed by atoms with Gasteiger partial charge in [0.15, 0.2) is 0 Å². The van der Waals surface area contributed by atoms with E-state index in [1.807, 2.05) is 32.0 Å². The second kappa shape index (κ2) is 18.0. The van der Waals surface area contributed by atoms with E-state index in [1.165, 1.54) is 24.8 Å². The van der Waals surface area contributed by atoms with Crippen LogP contribution in [0.25, 0.3) is 12.2 Å². The van der Waals surface area contributed by atoms with E-state index in [4.69, 9.17) is 9.72 Å². The van der Waals surface area contributed by atoms with E-state index < -0.39 is 11.4 Å². The molecular formula is C37H50N2O3. The van der Waals surface area contributed by atoms with Crippen molar-refractivity contribution in [3.63, 3.8) is 0 Å². The van der Waals surface area contributed by atoms with Gasteiger partial charge in [-0.15, -0.1) is 0 Å². The minimum atomic E-state index is -0.702. The van der Waals surface area contributed by atoms with Gasteiger partial charge >= 0.3 is 5.97 Å². The summed E-state index contributed by atoms with van der Waals surface area (Å²) < 4.78 is 5.76. The van der Waals surface area contributed by atoms with Gasteiger partial charge in [0.25, 0.3) is 0 Å². The molecule has 0 fully saturated rings. The number of carbonyl (C=O) groups is 1. The van der Waals surface area contributed by atoms with Crippen molar-refractivity contribution in [1.82, 2.24) is 4.98 Å². The maximum atomic E-state index is 11.8. The van der Waals surface area contributed by atoms with Crippen LogP contribution >= 0.6 is 0 Å². The summed E-state index contributed by atoms with van der Waals surface area (Å²) in [5.74, 6) is 0.272. The fraction of sp³-hybridized carbons (Fsp3) is 0.459. The second-order valence-corrected chi connectivity index (χ2v) is 11.2. The van der Waals surface area contributed by atoms with Gasteiger partial charge in [0.2, 0.25) is 0 Å². The monoisotopic (exact) mass is 570 g/mol. The number of pyridine rings is 1. The fourth-order valence-corrected chi connectivity index (χ4v) is 5.20. The van der Waals surface area contributed by atoms with Crippen LogP contribution in [0, 0.1) is 5.41 Å². The lowest BCUT2D eigenvalue weighted by atomic mass is 9.79. The highest BCUT2D eigenvalue weighted by Crippen LogP contribution is 2.31. The van der Waals surface area contributed by atoms with Gasteiger partial charge in [0.05, 0.1) is 17.7 Å². The lowest BCUT2D eigenvalue weighted by Gasteiger charge is -2.26. The molecule has 0 aliphatic rings. The summed E-state index contributed by atoms with van der Waals surface area (Å²) in [5.41, 5.74) is 4.91. The molecule has 0 saturated carbocycles. The van der Waals surface area contributed by atoms with Crippen LogP contribution in [0.2, 0.25) is 0 Å². The number of aliphatic carboxylic acids is 1. The van der Waals surface area contributed by atoms with Gasteiger partial charge in [0, 0.05) is 17.9 Å². The molecule has 42 heavy (non-hydrogen) atoms. The third kappa shape index (κ3) is 11.0. The van der Waals surface area contributed by atoms with Crippen molar-refractivity contribution in [3.8, 4) is 5.75 Å². The smallest absolute Gasteiger partial charge is 0.309 e. The highest BCUT2D eigenvalue weighted by molar-refractivity contribution is 5.74. The highest BCUT2D eigenvalue weighted by atomic mass is 16.5. The van der Waals surface area contributed by atoms with E-state index in [0.717, 1.165) is 67.1 Å². The topological polar surface area (TPSA) is 71.5 Å². The molecule has 0 atom stereocenters. The van der Waals surface area contributed by atoms with Crippen LogP contribution in [0.1, 0.15) is 101 Å². The maximum absolute atomic E-state index is 11.8. The SMILES string of the molecule is CCCCOc1ccc(CCCCCCc2cccc(C=Cc3cccc(NCCC(CC)(CC)C(=O)O)c3)n2)cc1. The first-order chi connectivity index (χ1) is 20.5.